The van der Waals surface area contributed by atoms with Crippen molar-refractivity contribution < 1.29 is 19.4 Å². The van der Waals surface area contributed by atoms with Crippen molar-refractivity contribution in [3.8, 4) is 0 Å². The van der Waals surface area contributed by atoms with Gasteiger partial charge in [0.1, 0.15) is 0 Å². The van der Waals surface area contributed by atoms with Crippen LogP contribution in [0.15, 0.2) is 0 Å². The Morgan fingerprint density at radius 3 is 2.60 bits per heavy atom. The van der Waals surface area contributed by atoms with Gasteiger partial charge in [-0.15, -0.1) is 0 Å². The number of carbonyl (C=O) groups excluding carboxylic acids is 1. The molecule has 1 aliphatic heterocycles. The lowest BCUT2D eigenvalue weighted by atomic mass is 10.1. The number of esters is 1. The Morgan fingerprint density at radius 2 is 2.13 bits per heavy atom. The SMILES string of the molecule is CCCCN1CC1(C(=O)O)C(=O)OCC. The van der Waals surface area contributed by atoms with Crippen LogP contribution in [0, 0.1) is 0 Å². The molecule has 1 aliphatic rings. The highest BCUT2D eigenvalue weighted by atomic mass is 16.5. The summed E-state index contributed by atoms with van der Waals surface area (Å²) >= 11 is 0. The van der Waals surface area contributed by atoms with Crippen molar-refractivity contribution in [2.24, 2.45) is 0 Å². The molecule has 5 nitrogen and oxygen atoms in total. The monoisotopic (exact) mass is 215 g/mol. The lowest BCUT2D eigenvalue weighted by molar-refractivity contribution is -0.157. The van der Waals surface area contributed by atoms with Crippen LogP contribution in [0.1, 0.15) is 26.7 Å². The molecule has 1 fully saturated rings. The molecule has 1 rings (SSSR count). The molecule has 15 heavy (non-hydrogen) atoms. The van der Waals surface area contributed by atoms with Crippen molar-refractivity contribution in [1.82, 2.24) is 4.90 Å². The molecule has 0 aromatic rings. The van der Waals surface area contributed by atoms with E-state index in [9.17, 15) is 9.59 Å². The molecule has 0 amide bonds. The number of hydrogen-bond donors (Lipinski definition) is 1. The number of unbranched alkanes of at least 4 members (excludes halogenated alkanes) is 1. The molecule has 86 valence electrons. The molecule has 0 aliphatic carbocycles. The number of ether oxygens (including phenoxy) is 1. The minimum Gasteiger partial charge on any atom is -0.479 e. The summed E-state index contributed by atoms with van der Waals surface area (Å²) in [4.78, 5) is 24.2. The van der Waals surface area contributed by atoms with Crippen LogP contribution in [0.25, 0.3) is 0 Å². The van der Waals surface area contributed by atoms with Gasteiger partial charge in [0.05, 0.1) is 6.61 Å². The van der Waals surface area contributed by atoms with E-state index < -0.39 is 17.5 Å². The second-order valence-electron chi connectivity index (χ2n) is 3.66. The Bertz CT molecular complexity index is 266. The molecule has 1 saturated heterocycles. The van der Waals surface area contributed by atoms with Gasteiger partial charge in [0.2, 0.25) is 5.54 Å². The zero-order chi connectivity index (χ0) is 11.5. The van der Waals surface area contributed by atoms with Gasteiger partial charge in [0, 0.05) is 6.54 Å². The van der Waals surface area contributed by atoms with Crippen LogP contribution in [-0.2, 0) is 14.3 Å². The van der Waals surface area contributed by atoms with Crippen molar-refractivity contribution in [2.45, 2.75) is 32.2 Å². The maximum absolute atomic E-state index is 11.5. The minimum atomic E-state index is -1.38. The highest BCUT2D eigenvalue weighted by Gasteiger charge is 2.65. The standard InChI is InChI=1S/C10H17NO4/c1-3-5-6-11-7-10(11,8(12)13)9(14)15-4-2/h3-7H2,1-2H3,(H,12,13). The second-order valence-corrected chi connectivity index (χ2v) is 3.66. The van der Waals surface area contributed by atoms with Gasteiger partial charge in [0.15, 0.2) is 0 Å². The van der Waals surface area contributed by atoms with E-state index in [0.717, 1.165) is 12.8 Å². The maximum Gasteiger partial charge on any atom is 0.339 e. The van der Waals surface area contributed by atoms with Crippen LogP contribution in [0.2, 0.25) is 0 Å². The highest BCUT2D eigenvalue weighted by Crippen LogP contribution is 2.34. The third-order valence-electron chi connectivity index (χ3n) is 2.60. The summed E-state index contributed by atoms with van der Waals surface area (Å²) in [6.07, 6.45) is 1.88. The molecule has 5 heteroatoms. The van der Waals surface area contributed by atoms with E-state index in [1.807, 2.05) is 6.92 Å². The van der Waals surface area contributed by atoms with E-state index in [-0.39, 0.29) is 13.2 Å². The molecule has 1 N–H and O–H groups in total. The molecular weight excluding hydrogens is 198 g/mol. The van der Waals surface area contributed by atoms with Gasteiger partial charge in [-0.3, -0.25) is 4.90 Å². The summed E-state index contributed by atoms with van der Waals surface area (Å²) in [7, 11) is 0. The van der Waals surface area contributed by atoms with Gasteiger partial charge in [-0.25, -0.2) is 9.59 Å². The fourth-order valence-corrected chi connectivity index (χ4v) is 1.59. The number of carbonyl (C=O) groups is 2. The summed E-state index contributed by atoms with van der Waals surface area (Å²) in [6.45, 7) is 4.83. The summed E-state index contributed by atoms with van der Waals surface area (Å²) in [5.41, 5.74) is -1.38. The van der Waals surface area contributed by atoms with Gasteiger partial charge >= 0.3 is 11.9 Å². The van der Waals surface area contributed by atoms with E-state index in [1.54, 1.807) is 11.8 Å². The van der Waals surface area contributed by atoms with Crippen molar-refractivity contribution in [3.05, 3.63) is 0 Å². The van der Waals surface area contributed by atoms with Gasteiger partial charge in [-0.05, 0) is 19.9 Å². The average molecular weight is 215 g/mol. The predicted octanol–water partition coefficient (Wildman–Crippen LogP) is 0.489. The Labute approximate surface area is 89.0 Å². The fourth-order valence-electron chi connectivity index (χ4n) is 1.59. The first-order valence-corrected chi connectivity index (χ1v) is 5.25. The first kappa shape index (κ1) is 12.0. The molecule has 0 aromatic carbocycles. The minimum absolute atomic E-state index is 0.218. The van der Waals surface area contributed by atoms with Crippen molar-refractivity contribution >= 4 is 11.9 Å². The molecule has 0 spiro atoms. The van der Waals surface area contributed by atoms with Crippen LogP contribution in [0.3, 0.4) is 0 Å². The van der Waals surface area contributed by atoms with Crippen LogP contribution < -0.4 is 0 Å². The normalized spacial score (nSPS) is 28.5. The van der Waals surface area contributed by atoms with Crippen LogP contribution in [0.5, 0.6) is 0 Å². The predicted molar refractivity (Wildman–Crippen MR) is 53.5 cm³/mol. The number of carboxylic acid groups (broad SMARTS) is 1. The highest BCUT2D eigenvalue weighted by molar-refractivity contribution is 6.07. The van der Waals surface area contributed by atoms with Gasteiger partial charge in [-0.2, -0.15) is 0 Å². The molecule has 2 unspecified atom stereocenters. The zero-order valence-electron chi connectivity index (χ0n) is 9.15. The molecule has 1 heterocycles. The first-order valence-electron chi connectivity index (χ1n) is 5.25. The van der Waals surface area contributed by atoms with E-state index in [2.05, 4.69) is 0 Å². The van der Waals surface area contributed by atoms with Gasteiger partial charge in [0.25, 0.3) is 0 Å². The number of carboxylic acids is 1. The fraction of sp³-hybridized carbons (Fsp3) is 0.800. The summed E-state index contributed by atoms with van der Waals surface area (Å²) in [5, 5.41) is 9.03. The molecule has 0 bridgehead atoms. The van der Waals surface area contributed by atoms with Gasteiger partial charge in [-0.1, -0.05) is 13.3 Å². The lowest BCUT2D eigenvalue weighted by Crippen LogP contribution is -2.40. The Balaban J connectivity index is 2.61. The van der Waals surface area contributed by atoms with E-state index in [0.29, 0.717) is 6.54 Å². The molecule has 2 atom stereocenters. The number of aliphatic carboxylic acids is 1. The molecular formula is C10H17NO4. The quantitative estimate of drug-likeness (QED) is 0.397. The first-order chi connectivity index (χ1) is 7.09. The Morgan fingerprint density at radius 1 is 1.47 bits per heavy atom. The zero-order valence-corrected chi connectivity index (χ0v) is 9.15. The van der Waals surface area contributed by atoms with Crippen molar-refractivity contribution in [1.29, 1.82) is 0 Å². The maximum atomic E-state index is 11.5. The van der Waals surface area contributed by atoms with Crippen molar-refractivity contribution in [2.75, 3.05) is 19.7 Å². The number of nitrogens with zero attached hydrogens (tertiary/aromatic N) is 1. The average Bonchev–Trinajstić information content (AvgIpc) is 2.90. The van der Waals surface area contributed by atoms with Crippen LogP contribution >= 0.6 is 0 Å². The topological polar surface area (TPSA) is 66.6 Å². The lowest BCUT2D eigenvalue weighted by Gasteiger charge is -2.11. The molecule has 0 aromatic heterocycles. The van der Waals surface area contributed by atoms with E-state index in [1.165, 1.54) is 0 Å². The van der Waals surface area contributed by atoms with Gasteiger partial charge < -0.3 is 9.84 Å². The largest absolute Gasteiger partial charge is 0.479 e. The van der Waals surface area contributed by atoms with Crippen molar-refractivity contribution in [3.63, 3.8) is 0 Å². The molecule has 0 radical (unpaired) electrons. The second kappa shape index (κ2) is 4.61. The van der Waals surface area contributed by atoms with Crippen LogP contribution in [0.4, 0.5) is 0 Å². The molecule has 0 saturated carbocycles. The smallest absolute Gasteiger partial charge is 0.339 e. The van der Waals surface area contributed by atoms with Crippen LogP contribution in [-0.4, -0.2) is 47.2 Å². The third-order valence-corrected chi connectivity index (χ3v) is 2.60. The summed E-state index contributed by atoms with van der Waals surface area (Å²) < 4.78 is 4.78. The summed E-state index contributed by atoms with van der Waals surface area (Å²) in [6, 6.07) is 0. The van der Waals surface area contributed by atoms with E-state index in [4.69, 9.17) is 9.84 Å². The van der Waals surface area contributed by atoms with E-state index >= 15 is 0 Å². The Hall–Kier alpha value is -1.10. The third kappa shape index (κ3) is 2.12. The Kier molecular flexibility index (Phi) is 3.68. The number of rotatable bonds is 6. The summed E-state index contributed by atoms with van der Waals surface area (Å²) in [5.74, 6) is -1.73. The number of hydrogen-bond acceptors (Lipinski definition) is 4.